The maximum absolute atomic E-state index is 13.1. The Kier molecular flexibility index (Phi) is 3.67. The van der Waals surface area contributed by atoms with Crippen LogP contribution in [0, 0.1) is 12.7 Å². The Bertz CT molecular complexity index is 780. The maximum Gasteiger partial charge on any atom is 0.123 e. The standard InChI is InChI=1S/C18H16FNO/c1-12-8-15(19)7-6-13(12)9-18(21)17-11-20-10-14-4-2-3-5-16(14)17/h2-8,10-11,18,21H,9H2,1H3. The fraction of sp³-hybridized carbons (Fsp3) is 0.167. The molecule has 0 radical (unpaired) electrons. The van der Waals surface area contributed by atoms with Crippen molar-refractivity contribution in [1.82, 2.24) is 4.98 Å². The smallest absolute Gasteiger partial charge is 0.123 e. The lowest BCUT2D eigenvalue weighted by molar-refractivity contribution is 0.179. The number of aromatic nitrogens is 1. The van der Waals surface area contributed by atoms with Crippen LogP contribution in [0.3, 0.4) is 0 Å². The summed E-state index contributed by atoms with van der Waals surface area (Å²) in [4.78, 5) is 4.19. The third kappa shape index (κ3) is 2.78. The SMILES string of the molecule is Cc1cc(F)ccc1CC(O)c1cncc2ccccc12. The van der Waals surface area contributed by atoms with E-state index in [0.717, 1.165) is 27.5 Å². The van der Waals surface area contributed by atoms with Crippen molar-refractivity contribution in [3.63, 3.8) is 0 Å². The summed E-state index contributed by atoms with van der Waals surface area (Å²) in [7, 11) is 0. The van der Waals surface area contributed by atoms with E-state index in [1.54, 1.807) is 18.5 Å². The molecule has 0 aliphatic carbocycles. The van der Waals surface area contributed by atoms with Gasteiger partial charge in [0, 0.05) is 29.8 Å². The molecule has 3 rings (SSSR count). The molecule has 0 bridgehead atoms. The van der Waals surface area contributed by atoms with Crippen molar-refractivity contribution in [2.45, 2.75) is 19.4 Å². The van der Waals surface area contributed by atoms with Crippen molar-refractivity contribution >= 4 is 10.8 Å². The van der Waals surface area contributed by atoms with Gasteiger partial charge in [0.1, 0.15) is 5.82 Å². The third-order valence-corrected chi connectivity index (χ3v) is 3.78. The molecule has 1 atom stereocenters. The van der Waals surface area contributed by atoms with Crippen molar-refractivity contribution in [2.24, 2.45) is 0 Å². The molecule has 21 heavy (non-hydrogen) atoms. The first-order valence-corrected chi connectivity index (χ1v) is 6.91. The van der Waals surface area contributed by atoms with Gasteiger partial charge in [0.15, 0.2) is 0 Å². The van der Waals surface area contributed by atoms with Crippen LogP contribution < -0.4 is 0 Å². The van der Waals surface area contributed by atoms with E-state index in [2.05, 4.69) is 4.98 Å². The van der Waals surface area contributed by atoms with Gasteiger partial charge in [-0.05, 0) is 35.6 Å². The lowest BCUT2D eigenvalue weighted by Crippen LogP contribution is -2.04. The van der Waals surface area contributed by atoms with Gasteiger partial charge < -0.3 is 5.11 Å². The number of aryl methyl sites for hydroxylation is 1. The van der Waals surface area contributed by atoms with Gasteiger partial charge in [-0.25, -0.2) is 4.39 Å². The van der Waals surface area contributed by atoms with Gasteiger partial charge in [0.05, 0.1) is 6.10 Å². The average Bonchev–Trinajstić information content (AvgIpc) is 2.49. The Morgan fingerprint density at radius 1 is 1.14 bits per heavy atom. The highest BCUT2D eigenvalue weighted by Crippen LogP contribution is 2.26. The summed E-state index contributed by atoms with van der Waals surface area (Å²) < 4.78 is 13.1. The summed E-state index contributed by atoms with van der Waals surface area (Å²) in [5, 5.41) is 12.5. The molecule has 0 aliphatic heterocycles. The summed E-state index contributed by atoms with van der Waals surface area (Å²) in [5.74, 6) is -0.252. The van der Waals surface area contributed by atoms with Crippen LogP contribution >= 0.6 is 0 Å². The molecular weight excluding hydrogens is 265 g/mol. The van der Waals surface area contributed by atoms with Gasteiger partial charge in [-0.1, -0.05) is 30.3 Å². The predicted octanol–water partition coefficient (Wildman–Crippen LogP) is 3.96. The van der Waals surface area contributed by atoms with Crippen molar-refractivity contribution < 1.29 is 9.50 Å². The lowest BCUT2D eigenvalue weighted by atomic mass is 9.96. The van der Waals surface area contributed by atoms with E-state index < -0.39 is 6.10 Å². The molecule has 0 saturated carbocycles. The molecule has 0 fully saturated rings. The lowest BCUT2D eigenvalue weighted by Gasteiger charge is -2.15. The number of hydrogen-bond donors (Lipinski definition) is 1. The fourth-order valence-corrected chi connectivity index (χ4v) is 2.61. The Morgan fingerprint density at radius 3 is 2.76 bits per heavy atom. The Balaban J connectivity index is 1.95. The van der Waals surface area contributed by atoms with E-state index in [9.17, 15) is 9.50 Å². The first-order valence-electron chi connectivity index (χ1n) is 6.91. The zero-order valence-corrected chi connectivity index (χ0v) is 11.8. The summed E-state index contributed by atoms with van der Waals surface area (Å²) in [6.07, 6.45) is 3.27. The van der Waals surface area contributed by atoms with Crippen LogP contribution in [-0.4, -0.2) is 10.1 Å². The molecule has 0 saturated heterocycles. The van der Waals surface area contributed by atoms with Crippen LogP contribution in [0.1, 0.15) is 22.8 Å². The highest BCUT2D eigenvalue weighted by molar-refractivity contribution is 5.84. The van der Waals surface area contributed by atoms with Crippen LogP contribution in [0.25, 0.3) is 10.8 Å². The number of aliphatic hydroxyl groups excluding tert-OH is 1. The first kappa shape index (κ1) is 13.7. The number of aliphatic hydroxyl groups is 1. The number of halogens is 1. The second-order valence-corrected chi connectivity index (χ2v) is 5.24. The Morgan fingerprint density at radius 2 is 1.95 bits per heavy atom. The van der Waals surface area contributed by atoms with Crippen molar-refractivity contribution in [2.75, 3.05) is 0 Å². The summed E-state index contributed by atoms with van der Waals surface area (Å²) in [6.45, 7) is 1.85. The van der Waals surface area contributed by atoms with Crippen LogP contribution in [0.2, 0.25) is 0 Å². The fourth-order valence-electron chi connectivity index (χ4n) is 2.61. The van der Waals surface area contributed by atoms with Crippen LogP contribution in [0.15, 0.2) is 54.9 Å². The number of pyridine rings is 1. The molecule has 0 spiro atoms. The zero-order chi connectivity index (χ0) is 14.8. The maximum atomic E-state index is 13.1. The van der Waals surface area contributed by atoms with E-state index >= 15 is 0 Å². The van der Waals surface area contributed by atoms with E-state index in [0.29, 0.717) is 6.42 Å². The Labute approximate surface area is 122 Å². The molecule has 2 aromatic carbocycles. The zero-order valence-electron chi connectivity index (χ0n) is 11.8. The largest absolute Gasteiger partial charge is 0.388 e. The quantitative estimate of drug-likeness (QED) is 0.788. The molecule has 106 valence electrons. The van der Waals surface area contributed by atoms with E-state index in [-0.39, 0.29) is 5.82 Å². The van der Waals surface area contributed by atoms with E-state index in [1.165, 1.54) is 12.1 Å². The number of fused-ring (bicyclic) bond motifs is 1. The van der Waals surface area contributed by atoms with Crippen LogP contribution in [0.5, 0.6) is 0 Å². The van der Waals surface area contributed by atoms with Crippen molar-refractivity contribution in [1.29, 1.82) is 0 Å². The molecule has 1 aromatic heterocycles. The summed E-state index contributed by atoms with van der Waals surface area (Å²) in [5.41, 5.74) is 2.59. The van der Waals surface area contributed by atoms with Gasteiger partial charge in [-0.15, -0.1) is 0 Å². The summed E-state index contributed by atoms with van der Waals surface area (Å²) >= 11 is 0. The normalized spacial score (nSPS) is 12.5. The molecule has 1 heterocycles. The second kappa shape index (κ2) is 5.62. The van der Waals surface area contributed by atoms with Gasteiger partial charge in [-0.2, -0.15) is 0 Å². The summed E-state index contributed by atoms with van der Waals surface area (Å²) in [6, 6.07) is 12.5. The van der Waals surface area contributed by atoms with Gasteiger partial charge in [-0.3, -0.25) is 4.98 Å². The molecule has 3 heteroatoms. The van der Waals surface area contributed by atoms with Gasteiger partial charge >= 0.3 is 0 Å². The van der Waals surface area contributed by atoms with E-state index in [1.807, 2.05) is 31.2 Å². The third-order valence-electron chi connectivity index (χ3n) is 3.78. The minimum absolute atomic E-state index is 0.252. The highest BCUT2D eigenvalue weighted by Gasteiger charge is 2.13. The second-order valence-electron chi connectivity index (χ2n) is 5.24. The van der Waals surface area contributed by atoms with E-state index in [4.69, 9.17) is 0 Å². The topological polar surface area (TPSA) is 33.1 Å². The molecule has 3 aromatic rings. The molecule has 0 amide bonds. The molecule has 1 N–H and O–H groups in total. The number of rotatable bonds is 3. The predicted molar refractivity (Wildman–Crippen MR) is 81.5 cm³/mol. The minimum atomic E-state index is -0.659. The molecule has 2 nitrogen and oxygen atoms in total. The van der Waals surface area contributed by atoms with Gasteiger partial charge in [0.2, 0.25) is 0 Å². The number of hydrogen-bond acceptors (Lipinski definition) is 2. The highest BCUT2D eigenvalue weighted by atomic mass is 19.1. The molecular formula is C18H16FNO. The minimum Gasteiger partial charge on any atom is -0.388 e. The number of benzene rings is 2. The average molecular weight is 281 g/mol. The van der Waals surface area contributed by atoms with Gasteiger partial charge in [0.25, 0.3) is 0 Å². The monoisotopic (exact) mass is 281 g/mol. The molecule has 0 aliphatic rings. The van der Waals surface area contributed by atoms with Crippen molar-refractivity contribution in [3.8, 4) is 0 Å². The number of nitrogens with zero attached hydrogens (tertiary/aromatic N) is 1. The van der Waals surface area contributed by atoms with Crippen LogP contribution in [0.4, 0.5) is 4.39 Å². The van der Waals surface area contributed by atoms with Crippen molar-refractivity contribution in [3.05, 3.63) is 77.4 Å². The van der Waals surface area contributed by atoms with Crippen LogP contribution in [-0.2, 0) is 6.42 Å². The first-order chi connectivity index (χ1) is 10.1. The Hall–Kier alpha value is -2.26. The molecule has 1 unspecified atom stereocenters.